The number of nitrogens with two attached hydrogens (primary N) is 1. The van der Waals surface area contributed by atoms with Crippen LogP contribution in [0, 0.1) is 17.1 Å². The number of ether oxygens (including phenoxy) is 1. The highest BCUT2D eigenvalue weighted by Gasteiger charge is 2.06. The van der Waals surface area contributed by atoms with Crippen LogP contribution in [0.2, 0.25) is 0 Å². The lowest BCUT2D eigenvalue weighted by Crippen LogP contribution is -1.92. The van der Waals surface area contributed by atoms with E-state index in [0.717, 1.165) is 5.56 Å². The fraction of sp³-hybridized carbons (Fsp3) is 0.133. The summed E-state index contributed by atoms with van der Waals surface area (Å²) in [7, 11) is 1.53. The second kappa shape index (κ2) is 6.31. The van der Waals surface area contributed by atoms with E-state index in [1.807, 2.05) is 6.07 Å². The minimum atomic E-state index is -0.311. The Hall–Kier alpha value is -2.19. The topological polar surface area (TPSA) is 59.0 Å². The van der Waals surface area contributed by atoms with Gasteiger partial charge < -0.3 is 10.5 Å². The molecule has 0 heterocycles. The third-order valence-electron chi connectivity index (χ3n) is 2.75. The van der Waals surface area contributed by atoms with Gasteiger partial charge in [-0.25, -0.2) is 4.39 Å². The Morgan fingerprint density at radius 3 is 2.80 bits per heavy atom. The lowest BCUT2D eigenvalue weighted by Gasteiger charge is -2.07. The maximum Gasteiger partial charge on any atom is 0.136 e. The SMILES string of the molecule is COc1ccc(CSc2cc(F)ccc2N)cc1C#N. The average molecular weight is 288 g/mol. The van der Waals surface area contributed by atoms with E-state index in [4.69, 9.17) is 15.7 Å². The molecule has 20 heavy (non-hydrogen) atoms. The molecule has 0 amide bonds. The van der Waals surface area contributed by atoms with Gasteiger partial charge in [0.1, 0.15) is 17.6 Å². The molecule has 2 aromatic rings. The molecule has 0 aromatic heterocycles. The van der Waals surface area contributed by atoms with Crippen molar-refractivity contribution in [3.63, 3.8) is 0 Å². The van der Waals surface area contributed by atoms with Crippen LogP contribution in [0.3, 0.4) is 0 Å². The number of anilines is 1. The van der Waals surface area contributed by atoms with Gasteiger partial charge in [-0.2, -0.15) is 5.26 Å². The Kier molecular flexibility index (Phi) is 4.49. The first-order valence-corrected chi connectivity index (χ1v) is 6.87. The Morgan fingerprint density at radius 2 is 2.10 bits per heavy atom. The summed E-state index contributed by atoms with van der Waals surface area (Å²) in [6, 6.07) is 11.8. The van der Waals surface area contributed by atoms with E-state index >= 15 is 0 Å². The molecule has 0 radical (unpaired) electrons. The first kappa shape index (κ1) is 14.2. The van der Waals surface area contributed by atoms with E-state index < -0.39 is 0 Å². The van der Waals surface area contributed by atoms with Crippen LogP contribution < -0.4 is 10.5 Å². The Labute approximate surface area is 121 Å². The number of rotatable bonds is 4. The predicted octanol–water partition coefficient (Wildman–Crippen LogP) is 3.58. The van der Waals surface area contributed by atoms with Crippen LogP contribution in [0.15, 0.2) is 41.3 Å². The Balaban J connectivity index is 2.15. The standard InChI is InChI=1S/C15H13FN2OS/c1-19-14-5-2-10(6-11(14)8-17)9-20-15-7-12(16)3-4-13(15)18/h2-7H,9,18H2,1H3. The summed E-state index contributed by atoms with van der Waals surface area (Å²) >= 11 is 1.43. The zero-order valence-corrected chi connectivity index (χ0v) is 11.7. The van der Waals surface area contributed by atoms with Gasteiger partial charge in [-0.1, -0.05) is 6.07 Å². The normalized spacial score (nSPS) is 10.1. The van der Waals surface area contributed by atoms with Crippen LogP contribution in [0.25, 0.3) is 0 Å². The van der Waals surface area contributed by atoms with Gasteiger partial charge in [0, 0.05) is 16.3 Å². The van der Waals surface area contributed by atoms with E-state index in [9.17, 15) is 4.39 Å². The highest BCUT2D eigenvalue weighted by atomic mass is 32.2. The number of nitriles is 1. The summed E-state index contributed by atoms with van der Waals surface area (Å²) in [5.74, 6) is 0.840. The van der Waals surface area contributed by atoms with Crippen molar-refractivity contribution in [2.24, 2.45) is 0 Å². The molecule has 0 aliphatic heterocycles. The van der Waals surface area contributed by atoms with Crippen LogP contribution in [-0.2, 0) is 5.75 Å². The molecule has 2 N–H and O–H groups in total. The summed E-state index contributed by atoms with van der Waals surface area (Å²) in [4.78, 5) is 0.694. The minimum absolute atomic E-state index is 0.311. The molecular weight excluding hydrogens is 275 g/mol. The molecule has 0 aliphatic carbocycles. The second-order valence-electron chi connectivity index (χ2n) is 4.12. The fourth-order valence-corrected chi connectivity index (χ4v) is 2.66. The molecule has 0 saturated carbocycles. The molecule has 102 valence electrons. The van der Waals surface area contributed by atoms with Crippen molar-refractivity contribution in [1.82, 2.24) is 0 Å². The number of nitrogens with zero attached hydrogens (tertiary/aromatic N) is 1. The summed E-state index contributed by atoms with van der Waals surface area (Å²) < 4.78 is 18.3. The molecule has 3 nitrogen and oxygen atoms in total. The van der Waals surface area contributed by atoms with E-state index in [2.05, 4.69) is 6.07 Å². The van der Waals surface area contributed by atoms with Crippen LogP contribution in [-0.4, -0.2) is 7.11 Å². The number of nitrogen functional groups attached to an aromatic ring is 1. The Morgan fingerprint density at radius 1 is 1.30 bits per heavy atom. The van der Waals surface area contributed by atoms with Crippen LogP contribution in [0.4, 0.5) is 10.1 Å². The van der Waals surface area contributed by atoms with Crippen molar-refractivity contribution in [3.8, 4) is 11.8 Å². The lowest BCUT2D eigenvalue weighted by molar-refractivity contribution is 0.413. The number of thioether (sulfide) groups is 1. The molecule has 0 spiro atoms. The zero-order valence-electron chi connectivity index (χ0n) is 10.9. The monoisotopic (exact) mass is 288 g/mol. The third-order valence-corrected chi connectivity index (χ3v) is 3.90. The smallest absolute Gasteiger partial charge is 0.136 e. The highest BCUT2D eigenvalue weighted by Crippen LogP contribution is 2.30. The van der Waals surface area contributed by atoms with Gasteiger partial charge in [-0.05, 0) is 35.9 Å². The number of benzene rings is 2. The maximum atomic E-state index is 13.2. The van der Waals surface area contributed by atoms with Gasteiger partial charge in [0.05, 0.1) is 12.7 Å². The zero-order chi connectivity index (χ0) is 14.5. The largest absolute Gasteiger partial charge is 0.495 e. The molecule has 2 aromatic carbocycles. The molecule has 0 bridgehead atoms. The van der Waals surface area contributed by atoms with Crippen LogP contribution >= 0.6 is 11.8 Å². The van der Waals surface area contributed by atoms with Crippen molar-refractivity contribution in [1.29, 1.82) is 5.26 Å². The molecule has 0 unspecified atom stereocenters. The van der Waals surface area contributed by atoms with Crippen molar-refractivity contribution in [2.45, 2.75) is 10.6 Å². The molecule has 5 heteroatoms. The molecule has 0 fully saturated rings. The Bertz CT molecular complexity index is 667. The highest BCUT2D eigenvalue weighted by molar-refractivity contribution is 7.98. The summed E-state index contributed by atoms with van der Waals surface area (Å²) in [5, 5.41) is 9.03. The maximum absolute atomic E-state index is 13.2. The van der Waals surface area contributed by atoms with Crippen molar-refractivity contribution >= 4 is 17.4 Å². The van der Waals surface area contributed by atoms with Gasteiger partial charge in [0.2, 0.25) is 0 Å². The summed E-state index contributed by atoms with van der Waals surface area (Å²) in [6.45, 7) is 0. The molecular formula is C15H13FN2OS. The molecule has 0 aliphatic rings. The lowest BCUT2D eigenvalue weighted by atomic mass is 10.1. The van der Waals surface area contributed by atoms with Crippen LogP contribution in [0.5, 0.6) is 5.75 Å². The number of hydrogen-bond donors (Lipinski definition) is 1. The first-order valence-electron chi connectivity index (χ1n) is 5.89. The van der Waals surface area contributed by atoms with Gasteiger partial charge in [-0.15, -0.1) is 11.8 Å². The summed E-state index contributed by atoms with van der Waals surface area (Å²) in [6.07, 6.45) is 0. The predicted molar refractivity (Wildman–Crippen MR) is 78.1 cm³/mol. The average Bonchev–Trinajstić information content (AvgIpc) is 2.47. The number of halogens is 1. The molecule has 0 atom stereocenters. The second-order valence-corrected chi connectivity index (χ2v) is 5.13. The van der Waals surface area contributed by atoms with E-state index in [1.54, 1.807) is 18.2 Å². The quantitative estimate of drug-likeness (QED) is 0.690. The van der Waals surface area contributed by atoms with E-state index in [1.165, 1.54) is 31.0 Å². The number of hydrogen-bond acceptors (Lipinski definition) is 4. The third kappa shape index (κ3) is 3.22. The first-order chi connectivity index (χ1) is 9.63. The molecule has 0 saturated heterocycles. The van der Waals surface area contributed by atoms with Crippen molar-refractivity contribution < 1.29 is 9.13 Å². The van der Waals surface area contributed by atoms with Gasteiger partial charge in [-0.3, -0.25) is 0 Å². The van der Waals surface area contributed by atoms with Crippen LogP contribution in [0.1, 0.15) is 11.1 Å². The van der Waals surface area contributed by atoms with E-state index in [-0.39, 0.29) is 5.82 Å². The van der Waals surface area contributed by atoms with Gasteiger partial charge in [0.15, 0.2) is 0 Å². The summed E-state index contributed by atoms with van der Waals surface area (Å²) in [5.41, 5.74) is 7.78. The van der Waals surface area contributed by atoms with Gasteiger partial charge in [0.25, 0.3) is 0 Å². The number of methoxy groups -OCH3 is 1. The van der Waals surface area contributed by atoms with Crippen molar-refractivity contribution in [3.05, 3.63) is 53.3 Å². The van der Waals surface area contributed by atoms with E-state index in [0.29, 0.717) is 27.6 Å². The minimum Gasteiger partial charge on any atom is -0.495 e. The fourth-order valence-electron chi connectivity index (χ4n) is 1.73. The van der Waals surface area contributed by atoms with Gasteiger partial charge >= 0.3 is 0 Å². The molecule has 2 rings (SSSR count). The van der Waals surface area contributed by atoms with Crippen molar-refractivity contribution in [2.75, 3.05) is 12.8 Å².